The minimum absolute atomic E-state index is 0.0551. The van der Waals surface area contributed by atoms with Gasteiger partial charge in [0.25, 0.3) is 0 Å². The molecule has 0 rings (SSSR count). The van der Waals surface area contributed by atoms with Gasteiger partial charge in [-0.15, -0.1) is 0 Å². The quantitative estimate of drug-likeness (QED) is 0.0265. The summed E-state index contributed by atoms with van der Waals surface area (Å²) < 4.78 is 32.9. The number of hydrogen-bond acceptors (Lipinski definition) is 8. The summed E-state index contributed by atoms with van der Waals surface area (Å²) in [7, 11) is -4.38. The Bertz CT molecular complexity index is 995. The molecule has 0 aromatic carbocycles. The van der Waals surface area contributed by atoms with E-state index in [0.717, 1.165) is 51.4 Å². The fourth-order valence-corrected chi connectivity index (χ4v) is 8.34. The Balaban J connectivity index is 3.98. The van der Waals surface area contributed by atoms with Gasteiger partial charge in [0.05, 0.1) is 13.2 Å². The van der Waals surface area contributed by atoms with Crippen LogP contribution in [0.5, 0.6) is 0 Å². The average molecular weight is 872 g/mol. The van der Waals surface area contributed by atoms with Crippen LogP contribution in [0.2, 0.25) is 0 Å². The highest BCUT2D eigenvalue weighted by Gasteiger charge is 2.26. The van der Waals surface area contributed by atoms with Gasteiger partial charge in [0.15, 0.2) is 6.10 Å². The van der Waals surface area contributed by atoms with Crippen LogP contribution in [0.1, 0.15) is 264 Å². The topological polar surface area (TPSA) is 134 Å². The molecule has 0 saturated heterocycles. The molecule has 0 heterocycles. The first-order valence-corrected chi connectivity index (χ1v) is 27.2. The third kappa shape index (κ3) is 46.3. The van der Waals surface area contributed by atoms with Crippen molar-refractivity contribution in [1.29, 1.82) is 0 Å². The lowest BCUT2D eigenvalue weighted by Gasteiger charge is -2.19. The predicted octanol–water partition coefficient (Wildman–Crippen LogP) is 15.3. The highest BCUT2D eigenvalue weighted by molar-refractivity contribution is 7.47. The molecule has 2 atom stereocenters. The maximum Gasteiger partial charge on any atom is 0.472 e. The van der Waals surface area contributed by atoms with Crippen LogP contribution in [0.4, 0.5) is 0 Å². The third-order valence-electron chi connectivity index (χ3n) is 11.4. The van der Waals surface area contributed by atoms with Crippen molar-refractivity contribution in [3.05, 3.63) is 12.2 Å². The van der Waals surface area contributed by atoms with Gasteiger partial charge in [-0.3, -0.25) is 18.6 Å². The summed E-state index contributed by atoms with van der Waals surface area (Å²) >= 11 is 0. The van der Waals surface area contributed by atoms with Crippen LogP contribution in [0.15, 0.2) is 12.2 Å². The van der Waals surface area contributed by atoms with Gasteiger partial charge in [0.2, 0.25) is 0 Å². The Labute approximate surface area is 370 Å². The van der Waals surface area contributed by atoms with Crippen LogP contribution in [-0.4, -0.2) is 49.3 Å². The number of hydrogen-bond donors (Lipinski definition) is 2. The molecule has 0 bridgehead atoms. The average Bonchev–Trinajstić information content (AvgIpc) is 3.24. The summed E-state index contributed by atoms with van der Waals surface area (Å²) in [5.41, 5.74) is 5.36. The smallest absolute Gasteiger partial charge is 0.462 e. The van der Waals surface area contributed by atoms with E-state index in [0.29, 0.717) is 6.42 Å². The number of allylic oxidation sites excluding steroid dienone is 2. The van der Waals surface area contributed by atoms with Crippen LogP contribution in [0, 0.1) is 0 Å². The maximum atomic E-state index is 12.6. The molecule has 2 unspecified atom stereocenters. The van der Waals surface area contributed by atoms with Crippen molar-refractivity contribution < 1.29 is 37.6 Å². The van der Waals surface area contributed by atoms with Gasteiger partial charge in [-0.25, -0.2) is 4.57 Å². The molecule has 3 N–H and O–H groups in total. The van der Waals surface area contributed by atoms with E-state index in [1.807, 2.05) is 0 Å². The molecule has 0 aliphatic carbocycles. The number of ether oxygens (including phenoxy) is 2. The van der Waals surface area contributed by atoms with Crippen LogP contribution in [0.3, 0.4) is 0 Å². The number of phosphoric ester groups is 1. The first-order chi connectivity index (χ1) is 29.3. The van der Waals surface area contributed by atoms with E-state index < -0.39 is 26.5 Å². The third-order valence-corrected chi connectivity index (χ3v) is 12.4. The number of rotatable bonds is 49. The lowest BCUT2D eigenvalue weighted by Crippen LogP contribution is -2.29. The fraction of sp³-hybridized carbons (Fsp3) is 0.920. The highest BCUT2D eigenvalue weighted by Crippen LogP contribution is 2.43. The molecule has 0 aliphatic rings. The Hall–Kier alpha value is -1.25. The summed E-state index contributed by atoms with van der Waals surface area (Å²) in [6.07, 6.45) is 51.1. The fourth-order valence-electron chi connectivity index (χ4n) is 7.57. The molecule has 356 valence electrons. The van der Waals surface area contributed by atoms with E-state index in [9.17, 15) is 19.0 Å². The SMILES string of the molecule is CCCCCCCCC/C=C\CCCCCCCC(=O)OC(COC(=O)CCCCCCCCCCCCCCCCCCCCCCCCC)COP(=O)(O)OCCN. The first-order valence-electron chi connectivity index (χ1n) is 25.7. The molecular formula is C50H98NO8P. The van der Waals surface area contributed by atoms with Gasteiger partial charge in [0.1, 0.15) is 6.61 Å². The summed E-state index contributed by atoms with van der Waals surface area (Å²) in [4.78, 5) is 35.0. The zero-order chi connectivity index (χ0) is 43.9. The molecule has 0 fully saturated rings. The van der Waals surface area contributed by atoms with E-state index >= 15 is 0 Å². The van der Waals surface area contributed by atoms with E-state index in [-0.39, 0.29) is 38.6 Å². The Morgan fingerprint density at radius 2 is 0.817 bits per heavy atom. The first kappa shape index (κ1) is 58.8. The Morgan fingerprint density at radius 3 is 1.18 bits per heavy atom. The van der Waals surface area contributed by atoms with Gasteiger partial charge in [-0.2, -0.15) is 0 Å². The molecule has 60 heavy (non-hydrogen) atoms. The van der Waals surface area contributed by atoms with Gasteiger partial charge in [-0.1, -0.05) is 225 Å². The second-order valence-electron chi connectivity index (χ2n) is 17.4. The largest absolute Gasteiger partial charge is 0.472 e. The predicted molar refractivity (Wildman–Crippen MR) is 252 cm³/mol. The van der Waals surface area contributed by atoms with Crippen LogP contribution in [0.25, 0.3) is 0 Å². The van der Waals surface area contributed by atoms with Crippen LogP contribution < -0.4 is 5.73 Å². The van der Waals surface area contributed by atoms with E-state index in [2.05, 4.69) is 26.0 Å². The molecule has 0 aromatic rings. The van der Waals surface area contributed by atoms with Crippen molar-refractivity contribution in [2.24, 2.45) is 5.73 Å². The Morgan fingerprint density at radius 1 is 0.483 bits per heavy atom. The summed E-state index contributed by atoms with van der Waals surface area (Å²) in [6.45, 7) is 3.77. The number of phosphoric acid groups is 1. The van der Waals surface area contributed by atoms with Crippen molar-refractivity contribution in [1.82, 2.24) is 0 Å². The van der Waals surface area contributed by atoms with Crippen molar-refractivity contribution >= 4 is 19.8 Å². The van der Waals surface area contributed by atoms with Crippen molar-refractivity contribution in [3.63, 3.8) is 0 Å². The number of unbranched alkanes of at least 4 members (excludes halogenated alkanes) is 34. The maximum absolute atomic E-state index is 12.6. The zero-order valence-electron chi connectivity index (χ0n) is 39.5. The number of carbonyl (C=O) groups is 2. The zero-order valence-corrected chi connectivity index (χ0v) is 40.4. The summed E-state index contributed by atoms with van der Waals surface area (Å²) in [5.74, 6) is -0.822. The minimum atomic E-state index is -4.38. The van der Waals surface area contributed by atoms with E-state index in [1.165, 1.54) is 180 Å². The second kappa shape index (κ2) is 47.2. The second-order valence-corrected chi connectivity index (χ2v) is 18.9. The monoisotopic (exact) mass is 872 g/mol. The highest BCUT2D eigenvalue weighted by atomic mass is 31.2. The lowest BCUT2D eigenvalue weighted by atomic mass is 10.0. The van der Waals surface area contributed by atoms with Crippen LogP contribution >= 0.6 is 7.82 Å². The number of esters is 2. The van der Waals surface area contributed by atoms with E-state index in [1.54, 1.807) is 0 Å². The Kier molecular flexibility index (Phi) is 46.3. The molecule has 9 nitrogen and oxygen atoms in total. The molecule has 0 spiro atoms. The molecule has 0 radical (unpaired) electrons. The van der Waals surface area contributed by atoms with Gasteiger partial charge < -0.3 is 20.1 Å². The molecular weight excluding hydrogens is 774 g/mol. The normalized spacial score (nSPS) is 13.2. The van der Waals surface area contributed by atoms with Gasteiger partial charge >= 0.3 is 19.8 Å². The van der Waals surface area contributed by atoms with Crippen molar-refractivity contribution in [2.75, 3.05) is 26.4 Å². The standard InChI is InChI=1S/C50H98NO8P/c1-3-5-7-9-11-13-15-17-19-21-22-23-24-25-26-27-29-30-32-34-36-38-40-42-49(52)56-46-48(47-58-60(54,55)57-45-44-51)59-50(53)43-41-39-37-35-33-31-28-20-18-16-14-12-10-8-6-4-2/h20,28,48H,3-19,21-27,29-47,51H2,1-2H3,(H,54,55)/b28-20-. The van der Waals surface area contributed by atoms with E-state index in [4.69, 9.17) is 24.3 Å². The molecule has 0 aliphatic heterocycles. The molecule has 0 saturated carbocycles. The lowest BCUT2D eigenvalue weighted by molar-refractivity contribution is -0.161. The van der Waals surface area contributed by atoms with Crippen molar-refractivity contribution in [2.45, 2.75) is 270 Å². The minimum Gasteiger partial charge on any atom is -0.462 e. The van der Waals surface area contributed by atoms with Gasteiger partial charge in [-0.05, 0) is 38.5 Å². The van der Waals surface area contributed by atoms with Gasteiger partial charge in [0, 0.05) is 19.4 Å². The number of nitrogens with two attached hydrogens (primary N) is 1. The molecule has 0 amide bonds. The number of carbonyl (C=O) groups excluding carboxylic acids is 2. The van der Waals surface area contributed by atoms with Crippen molar-refractivity contribution in [3.8, 4) is 0 Å². The summed E-state index contributed by atoms with van der Waals surface area (Å²) in [6, 6.07) is 0. The molecule has 0 aromatic heterocycles. The summed E-state index contributed by atoms with van der Waals surface area (Å²) in [5, 5.41) is 0. The van der Waals surface area contributed by atoms with Crippen LogP contribution in [-0.2, 0) is 32.7 Å². The molecule has 10 heteroatoms.